The van der Waals surface area contributed by atoms with Crippen molar-refractivity contribution in [2.24, 2.45) is 0 Å². The highest BCUT2D eigenvalue weighted by atomic mass is 16.5. The van der Waals surface area contributed by atoms with Crippen molar-refractivity contribution in [3.63, 3.8) is 0 Å². The van der Waals surface area contributed by atoms with E-state index in [2.05, 4.69) is 41.6 Å². The van der Waals surface area contributed by atoms with E-state index in [0.29, 0.717) is 18.0 Å². The zero-order chi connectivity index (χ0) is 21.7. The second-order valence-electron chi connectivity index (χ2n) is 7.13. The van der Waals surface area contributed by atoms with Crippen LogP contribution in [0, 0.1) is 20.8 Å². The Morgan fingerprint density at radius 1 is 1.03 bits per heavy atom. The van der Waals surface area contributed by atoms with Crippen LogP contribution in [0.4, 0.5) is 5.69 Å². The van der Waals surface area contributed by atoms with E-state index in [-0.39, 0.29) is 5.91 Å². The van der Waals surface area contributed by atoms with E-state index in [1.807, 2.05) is 30.7 Å². The minimum Gasteiger partial charge on any atom is -0.493 e. The second kappa shape index (κ2) is 9.31. The summed E-state index contributed by atoms with van der Waals surface area (Å²) in [7, 11) is 3.17. The van der Waals surface area contributed by atoms with Gasteiger partial charge in [0, 0.05) is 6.08 Å². The van der Waals surface area contributed by atoms with Crippen LogP contribution in [-0.4, -0.2) is 29.9 Å². The molecule has 6 heteroatoms. The summed E-state index contributed by atoms with van der Waals surface area (Å²) in [6.07, 6.45) is 3.23. The molecule has 0 bridgehead atoms. The van der Waals surface area contributed by atoms with E-state index in [9.17, 15) is 4.79 Å². The minimum atomic E-state index is -0.217. The number of aryl methyl sites for hydroxylation is 2. The molecule has 0 saturated heterocycles. The van der Waals surface area contributed by atoms with Crippen LogP contribution in [0.5, 0.6) is 11.5 Å². The Morgan fingerprint density at radius 2 is 1.73 bits per heavy atom. The molecular formula is C24H27N3O3. The summed E-state index contributed by atoms with van der Waals surface area (Å²) < 4.78 is 12.4. The van der Waals surface area contributed by atoms with Gasteiger partial charge in [-0.2, -0.15) is 5.10 Å². The Balaban J connectivity index is 1.71. The molecule has 1 N–H and O–H groups in total. The Kier molecular flexibility index (Phi) is 6.57. The Hall–Kier alpha value is -3.54. The van der Waals surface area contributed by atoms with Gasteiger partial charge in [-0.1, -0.05) is 35.9 Å². The van der Waals surface area contributed by atoms with Crippen molar-refractivity contribution in [1.82, 2.24) is 9.78 Å². The van der Waals surface area contributed by atoms with Crippen LogP contribution in [0.15, 0.2) is 48.5 Å². The molecule has 0 spiro atoms. The number of carbonyl (C=O) groups is 1. The highest BCUT2D eigenvalue weighted by Crippen LogP contribution is 2.28. The third kappa shape index (κ3) is 4.89. The number of ether oxygens (including phenoxy) is 2. The van der Waals surface area contributed by atoms with Gasteiger partial charge in [-0.15, -0.1) is 0 Å². The predicted octanol–water partition coefficient (Wildman–Crippen LogP) is 4.53. The molecule has 6 nitrogen and oxygen atoms in total. The molecule has 0 aliphatic heterocycles. The number of nitrogens with one attached hydrogen (secondary N) is 1. The van der Waals surface area contributed by atoms with Gasteiger partial charge in [0.25, 0.3) is 0 Å². The first kappa shape index (κ1) is 21.2. The van der Waals surface area contributed by atoms with E-state index >= 15 is 0 Å². The molecule has 0 unspecified atom stereocenters. The monoisotopic (exact) mass is 405 g/mol. The number of nitrogens with zero attached hydrogens (tertiary/aromatic N) is 2. The maximum Gasteiger partial charge on any atom is 0.248 e. The first-order valence-corrected chi connectivity index (χ1v) is 9.72. The van der Waals surface area contributed by atoms with Gasteiger partial charge in [-0.05, 0) is 50.1 Å². The van der Waals surface area contributed by atoms with Gasteiger partial charge >= 0.3 is 0 Å². The molecule has 1 aromatic heterocycles. The zero-order valence-electron chi connectivity index (χ0n) is 18.0. The lowest BCUT2D eigenvalue weighted by atomic mass is 10.1. The fourth-order valence-corrected chi connectivity index (χ4v) is 3.19. The summed E-state index contributed by atoms with van der Waals surface area (Å²) >= 11 is 0. The first-order chi connectivity index (χ1) is 14.4. The predicted molar refractivity (Wildman–Crippen MR) is 119 cm³/mol. The molecule has 156 valence electrons. The molecule has 30 heavy (non-hydrogen) atoms. The molecule has 2 aromatic carbocycles. The molecule has 1 amide bonds. The topological polar surface area (TPSA) is 65.4 Å². The van der Waals surface area contributed by atoms with E-state index < -0.39 is 0 Å². The van der Waals surface area contributed by atoms with Crippen LogP contribution in [0.3, 0.4) is 0 Å². The van der Waals surface area contributed by atoms with Gasteiger partial charge < -0.3 is 14.8 Å². The number of methoxy groups -OCH3 is 2. The smallest absolute Gasteiger partial charge is 0.248 e. The lowest BCUT2D eigenvalue weighted by molar-refractivity contribution is -0.111. The summed E-state index contributed by atoms with van der Waals surface area (Å²) in [4.78, 5) is 12.5. The van der Waals surface area contributed by atoms with Crippen LogP contribution in [0.2, 0.25) is 0 Å². The largest absolute Gasteiger partial charge is 0.493 e. The third-order valence-electron chi connectivity index (χ3n) is 4.92. The van der Waals surface area contributed by atoms with Gasteiger partial charge in [0.15, 0.2) is 11.5 Å². The van der Waals surface area contributed by atoms with Gasteiger partial charge in [0.1, 0.15) is 0 Å². The van der Waals surface area contributed by atoms with Crippen LogP contribution < -0.4 is 14.8 Å². The average Bonchev–Trinajstić information content (AvgIpc) is 3.00. The van der Waals surface area contributed by atoms with Crippen molar-refractivity contribution in [2.75, 3.05) is 19.5 Å². The molecule has 0 saturated carbocycles. The Morgan fingerprint density at radius 3 is 2.40 bits per heavy atom. The quantitative estimate of drug-likeness (QED) is 0.587. The number of benzene rings is 2. The fourth-order valence-electron chi connectivity index (χ4n) is 3.19. The highest BCUT2D eigenvalue weighted by molar-refractivity contribution is 6.02. The van der Waals surface area contributed by atoms with E-state index in [1.54, 1.807) is 26.4 Å². The van der Waals surface area contributed by atoms with Gasteiger partial charge in [-0.3, -0.25) is 9.48 Å². The van der Waals surface area contributed by atoms with Crippen LogP contribution >= 0.6 is 0 Å². The molecule has 0 atom stereocenters. The van der Waals surface area contributed by atoms with E-state index in [1.165, 1.54) is 11.6 Å². The fraction of sp³-hybridized carbons (Fsp3) is 0.250. The number of aromatic nitrogens is 2. The number of carbonyl (C=O) groups excluding carboxylic acids is 1. The van der Waals surface area contributed by atoms with Gasteiger partial charge in [-0.25, -0.2) is 0 Å². The average molecular weight is 405 g/mol. The van der Waals surface area contributed by atoms with Crippen LogP contribution in [0.25, 0.3) is 6.08 Å². The lowest BCUT2D eigenvalue weighted by Crippen LogP contribution is -2.10. The highest BCUT2D eigenvalue weighted by Gasteiger charge is 2.13. The van der Waals surface area contributed by atoms with E-state index in [4.69, 9.17) is 9.47 Å². The Labute approximate surface area is 177 Å². The zero-order valence-corrected chi connectivity index (χ0v) is 18.0. The maximum absolute atomic E-state index is 12.5. The van der Waals surface area contributed by atoms with Crippen molar-refractivity contribution < 1.29 is 14.3 Å². The standard InChI is InChI=1S/C24H27N3O3/c1-16-6-8-20(9-7-16)15-27-18(3)24(17(2)26-27)25-23(28)13-11-19-10-12-21(29-4)22(14-19)30-5/h6-14H,15H2,1-5H3,(H,25,28). The normalized spacial score (nSPS) is 11.0. The molecule has 3 rings (SSSR count). The summed E-state index contributed by atoms with van der Waals surface area (Å²) in [5.74, 6) is 1.04. The summed E-state index contributed by atoms with van der Waals surface area (Å²) in [6.45, 7) is 6.58. The van der Waals surface area contributed by atoms with Crippen molar-refractivity contribution in [2.45, 2.75) is 27.3 Å². The molecule has 0 aliphatic carbocycles. The molecule has 0 radical (unpaired) electrons. The molecule has 0 fully saturated rings. The molecular weight excluding hydrogens is 378 g/mol. The van der Waals surface area contributed by atoms with Gasteiger partial charge in [0.05, 0.1) is 37.8 Å². The van der Waals surface area contributed by atoms with Crippen molar-refractivity contribution in [3.8, 4) is 11.5 Å². The SMILES string of the molecule is COc1ccc(C=CC(=O)Nc2c(C)nn(Cc3ccc(C)cc3)c2C)cc1OC. The summed E-state index contributed by atoms with van der Waals surface area (Å²) in [5, 5.41) is 7.54. The minimum absolute atomic E-state index is 0.217. The lowest BCUT2D eigenvalue weighted by Gasteiger charge is -2.08. The summed E-state index contributed by atoms with van der Waals surface area (Å²) in [5.41, 5.74) is 5.67. The first-order valence-electron chi connectivity index (χ1n) is 9.72. The van der Waals surface area contributed by atoms with Gasteiger partial charge in [0.2, 0.25) is 5.91 Å². The maximum atomic E-state index is 12.5. The van der Waals surface area contributed by atoms with E-state index in [0.717, 1.165) is 28.2 Å². The Bertz CT molecular complexity index is 1070. The number of hydrogen-bond acceptors (Lipinski definition) is 4. The number of rotatable bonds is 7. The van der Waals surface area contributed by atoms with Crippen molar-refractivity contribution in [3.05, 3.63) is 76.6 Å². The number of hydrogen-bond donors (Lipinski definition) is 1. The number of amides is 1. The summed E-state index contributed by atoms with van der Waals surface area (Å²) in [6, 6.07) is 13.8. The third-order valence-corrected chi connectivity index (χ3v) is 4.92. The van der Waals surface area contributed by atoms with Crippen LogP contribution in [0.1, 0.15) is 28.1 Å². The molecule has 3 aromatic rings. The molecule has 0 aliphatic rings. The number of anilines is 1. The van der Waals surface area contributed by atoms with Crippen molar-refractivity contribution >= 4 is 17.7 Å². The second-order valence-corrected chi connectivity index (χ2v) is 7.13. The van der Waals surface area contributed by atoms with Crippen LogP contribution in [-0.2, 0) is 11.3 Å². The van der Waals surface area contributed by atoms with Crippen molar-refractivity contribution in [1.29, 1.82) is 0 Å². The molecule has 1 heterocycles.